The van der Waals surface area contributed by atoms with Crippen LogP contribution in [0.1, 0.15) is 24.1 Å². The van der Waals surface area contributed by atoms with Gasteiger partial charge in [-0.15, -0.1) is 0 Å². The van der Waals surface area contributed by atoms with E-state index in [1.165, 1.54) is 11.1 Å². The van der Waals surface area contributed by atoms with Crippen molar-refractivity contribution in [1.29, 1.82) is 0 Å². The van der Waals surface area contributed by atoms with Crippen molar-refractivity contribution in [3.05, 3.63) is 64.1 Å². The van der Waals surface area contributed by atoms with E-state index >= 15 is 0 Å². The first kappa shape index (κ1) is 16.1. The van der Waals surface area contributed by atoms with Crippen LogP contribution in [0.4, 0.5) is 0 Å². The maximum absolute atomic E-state index is 5.33. The van der Waals surface area contributed by atoms with E-state index in [4.69, 9.17) is 4.74 Å². The van der Waals surface area contributed by atoms with Gasteiger partial charge in [0.1, 0.15) is 5.75 Å². The summed E-state index contributed by atoms with van der Waals surface area (Å²) in [6, 6.07) is 17.1. The van der Waals surface area contributed by atoms with Crippen molar-refractivity contribution in [2.24, 2.45) is 5.92 Å². The highest BCUT2D eigenvalue weighted by molar-refractivity contribution is 9.10. The van der Waals surface area contributed by atoms with Crippen molar-refractivity contribution in [2.75, 3.05) is 14.2 Å². The third-order valence-electron chi connectivity index (χ3n) is 3.83. The predicted molar refractivity (Wildman–Crippen MR) is 91.8 cm³/mol. The van der Waals surface area contributed by atoms with Crippen molar-refractivity contribution in [2.45, 2.75) is 19.4 Å². The Morgan fingerprint density at radius 3 is 2.48 bits per heavy atom. The molecule has 2 rings (SSSR count). The van der Waals surface area contributed by atoms with Crippen LogP contribution < -0.4 is 10.1 Å². The number of hydrogen-bond donors (Lipinski definition) is 1. The first-order chi connectivity index (χ1) is 10.2. The van der Waals surface area contributed by atoms with Gasteiger partial charge >= 0.3 is 0 Å². The monoisotopic (exact) mass is 347 g/mol. The number of halogens is 1. The summed E-state index contributed by atoms with van der Waals surface area (Å²) in [4.78, 5) is 0. The molecular formula is C18H22BrNO. The molecule has 2 aromatic rings. The highest BCUT2D eigenvalue weighted by Gasteiger charge is 2.18. The molecule has 2 unspecified atom stereocenters. The zero-order chi connectivity index (χ0) is 15.2. The van der Waals surface area contributed by atoms with Crippen LogP contribution in [0, 0.1) is 5.92 Å². The molecule has 0 aliphatic carbocycles. The second kappa shape index (κ2) is 7.62. The minimum absolute atomic E-state index is 0.337. The fourth-order valence-electron chi connectivity index (χ4n) is 2.74. The summed E-state index contributed by atoms with van der Waals surface area (Å²) >= 11 is 3.64. The van der Waals surface area contributed by atoms with E-state index in [1.807, 2.05) is 13.1 Å². The molecule has 0 radical (unpaired) electrons. The Bertz CT molecular complexity index is 571. The van der Waals surface area contributed by atoms with E-state index in [1.54, 1.807) is 7.11 Å². The molecule has 0 aromatic heterocycles. The molecule has 0 saturated carbocycles. The predicted octanol–water partition coefficient (Wildman–Crippen LogP) is 4.60. The molecule has 112 valence electrons. The molecule has 2 nitrogen and oxygen atoms in total. The van der Waals surface area contributed by atoms with Crippen LogP contribution in [0.3, 0.4) is 0 Å². The van der Waals surface area contributed by atoms with E-state index < -0.39 is 0 Å². The second-order valence-electron chi connectivity index (χ2n) is 5.32. The molecule has 0 amide bonds. The molecule has 0 aliphatic rings. The largest absolute Gasteiger partial charge is 0.497 e. The quantitative estimate of drug-likeness (QED) is 0.824. The number of ether oxygens (including phenoxy) is 1. The zero-order valence-corrected chi connectivity index (χ0v) is 14.4. The van der Waals surface area contributed by atoms with Gasteiger partial charge in [0.05, 0.1) is 7.11 Å². The highest BCUT2D eigenvalue weighted by Crippen LogP contribution is 2.29. The van der Waals surface area contributed by atoms with Crippen molar-refractivity contribution < 1.29 is 4.74 Å². The van der Waals surface area contributed by atoms with E-state index in [0.717, 1.165) is 16.6 Å². The van der Waals surface area contributed by atoms with Gasteiger partial charge in [-0.1, -0.05) is 53.2 Å². The van der Waals surface area contributed by atoms with Crippen molar-refractivity contribution in [3.8, 4) is 5.75 Å². The standard InChI is InChI=1S/C18H22BrNO/c1-13(18(20-2)14-7-5-4-6-8-14)11-15-12-16(21-3)9-10-17(15)19/h4-10,12-13,18,20H,11H2,1-3H3. The first-order valence-electron chi connectivity index (χ1n) is 7.20. The number of methoxy groups -OCH3 is 1. The van der Waals surface area contributed by atoms with Gasteiger partial charge in [-0.2, -0.15) is 0 Å². The average molecular weight is 348 g/mol. The van der Waals surface area contributed by atoms with Crippen molar-refractivity contribution in [3.63, 3.8) is 0 Å². The van der Waals surface area contributed by atoms with Gasteiger partial charge in [-0.3, -0.25) is 0 Å². The SMILES string of the molecule is CNC(c1ccccc1)C(C)Cc1cc(OC)ccc1Br. The van der Waals surface area contributed by atoms with Crippen LogP contribution in [0.2, 0.25) is 0 Å². The van der Waals surface area contributed by atoms with Gasteiger partial charge in [-0.05, 0) is 48.7 Å². The lowest BCUT2D eigenvalue weighted by Crippen LogP contribution is -2.25. The van der Waals surface area contributed by atoms with E-state index in [2.05, 4.69) is 70.6 Å². The zero-order valence-electron chi connectivity index (χ0n) is 12.8. The molecule has 3 heteroatoms. The summed E-state index contributed by atoms with van der Waals surface area (Å²) in [6.07, 6.45) is 0.984. The third-order valence-corrected chi connectivity index (χ3v) is 4.61. The molecule has 0 saturated heterocycles. The Hall–Kier alpha value is -1.32. The van der Waals surface area contributed by atoms with E-state index in [0.29, 0.717) is 12.0 Å². The Morgan fingerprint density at radius 1 is 1.14 bits per heavy atom. The lowest BCUT2D eigenvalue weighted by Gasteiger charge is -2.24. The van der Waals surface area contributed by atoms with Crippen LogP contribution in [0.15, 0.2) is 53.0 Å². The maximum Gasteiger partial charge on any atom is 0.119 e. The topological polar surface area (TPSA) is 21.3 Å². The molecule has 0 bridgehead atoms. The molecule has 2 aromatic carbocycles. The molecular weight excluding hydrogens is 326 g/mol. The minimum atomic E-state index is 0.337. The van der Waals surface area contributed by atoms with E-state index in [9.17, 15) is 0 Å². The number of benzene rings is 2. The Morgan fingerprint density at radius 2 is 1.86 bits per heavy atom. The van der Waals surface area contributed by atoms with E-state index in [-0.39, 0.29) is 0 Å². The number of hydrogen-bond acceptors (Lipinski definition) is 2. The average Bonchev–Trinajstić information content (AvgIpc) is 2.51. The normalized spacial score (nSPS) is 13.7. The smallest absolute Gasteiger partial charge is 0.119 e. The van der Waals surface area contributed by atoms with Gasteiger partial charge in [0, 0.05) is 10.5 Å². The summed E-state index contributed by atoms with van der Waals surface area (Å²) in [5, 5.41) is 3.44. The molecule has 0 fully saturated rings. The van der Waals surface area contributed by atoms with Crippen LogP contribution >= 0.6 is 15.9 Å². The Kier molecular flexibility index (Phi) is 5.83. The summed E-state index contributed by atoms with van der Waals surface area (Å²) in [5.74, 6) is 1.38. The van der Waals surface area contributed by atoms with Crippen LogP contribution in [-0.2, 0) is 6.42 Å². The number of rotatable bonds is 6. The van der Waals surface area contributed by atoms with Gasteiger partial charge in [0.25, 0.3) is 0 Å². The van der Waals surface area contributed by atoms with Gasteiger partial charge in [-0.25, -0.2) is 0 Å². The van der Waals surface area contributed by atoms with Crippen LogP contribution in [0.5, 0.6) is 5.75 Å². The highest BCUT2D eigenvalue weighted by atomic mass is 79.9. The lowest BCUT2D eigenvalue weighted by molar-refractivity contribution is 0.402. The van der Waals surface area contributed by atoms with Crippen molar-refractivity contribution >= 4 is 15.9 Å². The number of nitrogens with one attached hydrogen (secondary N) is 1. The van der Waals surface area contributed by atoms with Gasteiger partial charge in [0.15, 0.2) is 0 Å². The van der Waals surface area contributed by atoms with Gasteiger partial charge in [0.2, 0.25) is 0 Å². The molecule has 0 aliphatic heterocycles. The molecule has 0 spiro atoms. The summed E-state index contributed by atoms with van der Waals surface area (Å²) in [5.41, 5.74) is 2.60. The van der Waals surface area contributed by atoms with Crippen molar-refractivity contribution in [1.82, 2.24) is 5.32 Å². The third kappa shape index (κ3) is 4.08. The summed E-state index contributed by atoms with van der Waals surface area (Å²) in [6.45, 7) is 2.28. The lowest BCUT2D eigenvalue weighted by atomic mass is 9.89. The van der Waals surface area contributed by atoms with Gasteiger partial charge < -0.3 is 10.1 Å². The fraction of sp³-hybridized carbons (Fsp3) is 0.333. The van der Waals surface area contributed by atoms with Crippen LogP contribution in [-0.4, -0.2) is 14.2 Å². The maximum atomic E-state index is 5.33. The molecule has 2 atom stereocenters. The van der Waals surface area contributed by atoms with Crippen LogP contribution in [0.25, 0.3) is 0 Å². The minimum Gasteiger partial charge on any atom is -0.497 e. The molecule has 0 heterocycles. The summed E-state index contributed by atoms with van der Waals surface area (Å²) in [7, 11) is 3.73. The Balaban J connectivity index is 2.18. The first-order valence-corrected chi connectivity index (χ1v) is 7.99. The fourth-order valence-corrected chi connectivity index (χ4v) is 3.15. The molecule has 1 N–H and O–H groups in total. The summed E-state index contributed by atoms with van der Waals surface area (Å²) < 4.78 is 6.46. The Labute approximate surface area is 135 Å². The second-order valence-corrected chi connectivity index (χ2v) is 6.17. The molecule has 21 heavy (non-hydrogen) atoms.